The second-order valence-electron chi connectivity index (χ2n) is 4.18. The highest BCUT2D eigenvalue weighted by Crippen LogP contribution is 2.26. The SMILES string of the molecule is Cc1cc(F)cc(C(=O)O)c1OCc1ccccc1. The van der Waals surface area contributed by atoms with Crippen molar-refractivity contribution in [2.75, 3.05) is 0 Å². The Morgan fingerprint density at radius 1 is 1.26 bits per heavy atom. The van der Waals surface area contributed by atoms with Gasteiger partial charge in [0.05, 0.1) is 0 Å². The van der Waals surface area contributed by atoms with Crippen LogP contribution in [0.5, 0.6) is 5.75 Å². The van der Waals surface area contributed by atoms with Gasteiger partial charge in [0.15, 0.2) is 0 Å². The first-order valence-corrected chi connectivity index (χ1v) is 5.78. The number of carboxylic acids is 1. The second-order valence-corrected chi connectivity index (χ2v) is 4.18. The van der Waals surface area contributed by atoms with Gasteiger partial charge in [0.2, 0.25) is 0 Å². The first-order valence-electron chi connectivity index (χ1n) is 5.78. The zero-order valence-electron chi connectivity index (χ0n) is 10.4. The number of ether oxygens (including phenoxy) is 1. The molecule has 0 heterocycles. The molecule has 1 N–H and O–H groups in total. The van der Waals surface area contributed by atoms with Crippen LogP contribution in [0.4, 0.5) is 4.39 Å². The Morgan fingerprint density at radius 3 is 2.58 bits per heavy atom. The fourth-order valence-corrected chi connectivity index (χ4v) is 1.81. The number of carbonyl (C=O) groups is 1. The quantitative estimate of drug-likeness (QED) is 0.916. The molecule has 2 aromatic carbocycles. The molecule has 0 aromatic heterocycles. The van der Waals surface area contributed by atoms with Crippen molar-refractivity contribution in [2.45, 2.75) is 13.5 Å². The molecule has 0 saturated heterocycles. The molecule has 0 saturated carbocycles. The average molecular weight is 260 g/mol. The first kappa shape index (κ1) is 13.1. The van der Waals surface area contributed by atoms with E-state index in [0.29, 0.717) is 5.56 Å². The van der Waals surface area contributed by atoms with Crippen LogP contribution in [-0.4, -0.2) is 11.1 Å². The molecular weight excluding hydrogens is 247 g/mol. The topological polar surface area (TPSA) is 46.5 Å². The van der Waals surface area contributed by atoms with E-state index in [1.54, 1.807) is 6.92 Å². The number of rotatable bonds is 4. The molecule has 3 nitrogen and oxygen atoms in total. The summed E-state index contributed by atoms with van der Waals surface area (Å²) in [5.74, 6) is -1.58. The Kier molecular flexibility index (Phi) is 3.80. The predicted molar refractivity (Wildman–Crippen MR) is 68.9 cm³/mol. The summed E-state index contributed by atoms with van der Waals surface area (Å²) in [6.45, 7) is 1.86. The van der Waals surface area contributed by atoms with Gasteiger partial charge >= 0.3 is 5.97 Å². The lowest BCUT2D eigenvalue weighted by atomic mass is 10.1. The summed E-state index contributed by atoms with van der Waals surface area (Å²) in [6, 6.07) is 11.6. The molecule has 0 amide bonds. The number of halogens is 1. The third-order valence-corrected chi connectivity index (χ3v) is 2.70. The number of carboxylic acid groups (broad SMARTS) is 1. The van der Waals surface area contributed by atoms with Crippen molar-refractivity contribution >= 4 is 5.97 Å². The number of benzene rings is 2. The normalized spacial score (nSPS) is 10.2. The Balaban J connectivity index is 2.27. The van der Waals surface area contributed by atoms with Crippen molar-refractivity contribution in [1.29, 1.82) is 0 Å². The number of hydrogen-bond acceptors (Lipinski definition) is 2. The van der Waals surface area contributed by atoms with Crippen LogP contribution in [0.15, 0.2) is 42.5 Å². The minimum Gasteiger partial charge on any atom is -0.488 e. The van der Waals surface area contributed by atoms with Gasteiger partial charge in [-0.05, 0) is 30.2 Å². The molecular formula is C15H13FO3. The van der Waals surface area contributed by atoms with Crippen LogP contribution >= 0.6 is 0 Å². The standard InChI is InChI=1S/C15H13FO3/c1-10-7-12(16)8-13(15(17)18)14(10)19-9-11-5-3-2-4-6-11/h2-8H,9H2,1H3,(H,17,18). The van der Waals surface area contributed by atoms with E-state index in [-0.39, 0.29) is 17.9 Å². The molecule has 0 fully saturated rings. The van der Waals surface area contributed by atoms with Crippen molar-refractivity contribution in [1.82, 2.24) is 0 Å². The third-order valence-electron chi connectivity index (χ3n) is 2.70. The zero-order valence-corrected chi connectivity index (χ0v) is 10.4. The largest absolute Gasteiger partial charge is 0.488 e. The van der Waals surface area contributed by atoms with Crippen LogP contribution in [0, 0.1) is 12.7 Å². The van der Waals surface area contributed by atoms with Gasteiger partial charge in [-0.3, -0.25) is 0 Å². The molecule has 0 atom stereocenters. The Morgan fingerprint density at radius 2 is 1.95 bits per heavy atom. The molecule has 0 radical (unpaired) electrons. The maximum absolute atomic E-state index is 13.2. The van der Waals surface area contributed by atoms with Crippen molar-refractivity contribution < 1.29 is 19.0 Å². The Bertz CT molecular complexity index is 594. The van der Waals surface area contributed by atoms with Crippen LogP contribution in [0.3, 0.4) is 0 Å². The molecule has 98 valence electrons. The predicted octanol–water partition coefficient (Wildman–Crippen LogP) is 3.41. The lowest BCUT2D eigenvalue weighted by Gasteiger charge is -2.12. The van der Waals surface area contributed by atoms with E-state index >= 15 is 0 Å². The highest BCUT2D eigenvalue weighted by atomic mass is 19.1. The molecule has 0 spiro atoms. The Labute approximate surface area is 110 Å². The minimum absolute atomic E-state index is 0.159. The summed E-state index contributed by atoms with van der Waals surface area (Å²) in [5.41, 5.74) is 1.23. The maximum atomic E-state index is 13.2. The van der Waals surface area contributed by atoms with E-state index in [9.17, 15) is 9.18 Å². The van der Waals surface area contributed by atoms with Crippen LogP contribution < -0.4 is 4.74 Å². The first-order chi connectivity index (χ1) is 9.08. The summed E-state index contributed by atoms with van der Waals surface area (Å²) in [5, 5.41) is 9.07. The zero-order chi connectivity index (χ0) is 13.8. The molecule has 0 aliphatic carbocycles. The molecule has 0 aliphatic rings. The average Bonchev–Trinajstić information content (AvgIpc) is 2.38. The fourth-order valence-electron chi connectivity index (χ4n) is 1.81. The lowest BCUT2D eigenvalue weighted by molar-refractivity contribution is 0.0691. The van der Waals surface area contributed by atoms with E-state index in [4.69, 9.17) is 9.84 Å². The van der Waals surface area contributed by atoms with Crippen molar-refractivity contribution in [3.05, 3.63) is 65.0 Å². The summed E-state index contributed by atoms with van der Waals surface area (Å²) >= 11 is 0. The maximum Gasteiger partial charge on any atom is 0.339 e. The molecule has 2 aromatic rings. The van der Waals surface area contributed by atoms with Gasteiger partial charge in [0, 0.05) is 0 Å². The van der Waals surface area contributed by atoms with E-state index in [1.165, 1.54) is 6.07 Å². The van der Waals surface area contributed by atoms with E-state index < -0.39 is 11.8 Å². The van der Waals surface area contributed by atoms with Crippen molar-refractivity contribution in [3.63, 3.8) is 0 Å². The number of aryl methyl sites for hydroxylation is 1. The highest BCUT2D eigenvalue weighted by molar-refractivity contribution is 5.91. The monoisotopic (exact) mass is 260 g/mol. The third kappa shape index (κ3) is 3.10. The summed E-state index contributed by atoms with van der Waals surface area (Å²) in [4.78, 5) is 11.1. The molecule has 0 aliphatic heterocycles. The summed E-state index contributed by atoms with van der Waals surface area (Å²) in [7, 11) is 0. The minimum atomic E-state index is -1.20. The second kappa shape index (κ2) is 5.52. The molecule has 0 bridgehead atoms. The number of aromatic carboxylic acids is 1. The van der Waals surface area contributed by atoms with Gasteiger partial charge in [-0.1, -0.05) is 30.3 Å². The fraction of sp³-hybridized carbons (Fsp3) is 0.133. The van der Waals surface area contributed by atoms with Crippen LogP contribution in [-0.2, 0) is 6.61 Å². The number of hydrogen-bond donors (Lipinski definition) is 1. The van der Waals surface area contributed by atoms with E-state index in [1.807, 2.05) is 30.3 Å². The lowest BCUT2D eigenvalue weighted by Crippen LogP contribution is -2.06. The molecule has 2 rings (SSSR count). The van der Waals surface area contributed by atoms with E-state index in [2.05, 4.69) is 0 Å². The van der Waals surface area contributed by atoms with Crippen LogP contribution in [0.25, 0.3) is 0 Å². The van der Waals surface area contributed by atoms with Crippen molar-refractivity contribution in [3.8, 4) is 5.75 Å². The van der Waals surface area contributed by atoms with Gasteiger partial charge in [-0.15, -0.1) is 0 Å². The van der Waals surface area contributed by atoms with Crippen LogP contribution in [0.1, 0.15) is 21.5 Å². The summed E-state index contributed by atoms with van der Waals surface area (Å²) in [6.07, 6.45) is 0. The van der Waals surface area contributed by atoms with Gasteiger partial charge in [-0.2, -0.15) is 0 Å². The van der Waals surface area contributed by atoms with E-state index in [0.717, 1.165) is 11.6 Å². The van der Waals surface area contributed by atoms with Gasteiger partial charge in [-0.25, -0.2) is 9.18 Å². The summed E-state index contributed by atoms with van der Waals surface area (Å²) < 4.78 is 18.7. The van der Waals surface area contributed by atoms with Gasteiger partial charge in [0.25, 0.3) is 0 Å². The molecule has 4 heteroatoms. The smallest absolute Gasteiger partial charge is 0.339 e. The highest BCUT2D eigenvalue weighted by Gasteiger charge is 2.16. The molecule has 19 heavy (non-hydrogen) atoms. The Hall–Kier alpha value is -2.36. The van der Waals surface area contributed by atoms with Crippen LogP contribution in [0.2, 0.25) is 0 Å². The molecule has 0 unspecified atom stereocenters. The van der Waals surface area contributed by atoms with Crippen molar-refractivity contribution in [2.24, 2.45) is 0 Å². The van der Waals surface area contributed by atoms with Gasteiger partial charge in [0.1, 0.15) is 23.7 Å². The van der Waals surface area contributed by atoms with Gasteiger partial charge < -0.3 is 9.84 Å².